The number of aliphatic hydroxyl groups is 1. The minimum absolute atomic E-state index is 0.0266. The van der Waals surface area contributed by atoms with Crippen LogP contribution in [0.4, 0.5) is 0 Å². The van der Waals surface area contributed by atoms with E-state index in [0.29, 0.717) is 6.61 Å². The molecule has 0 aromatic carbocycles. The molecule has 0 aromatic rings. The monoisotopic (exact) mass is 156 g/mol. The molecule has 0 spiro atoms. The molecule has 2 atom stereocenters. The van der Waals surface area contributed by atoms with E-state index in [1.807, 2.05) is 6.92 Å². The maximum absolute atomic E-state index is 9.52. The van der Waals surface area contributed by atoms with Gasteiger partial charge in [0, 0.05) is 6.61 Å². The Kier molecular flexibility index (Phi) is 3.60. The van der Waals surface area contributed by atoms with Crippen LogP contribution in [0.15, 0.2) is 12.2 Å². The summed E-state index contributed by atoms with van der Waals surface area (Å²) in [5.41, 5.74) is 0. The Hall–Kier alpha value is -0.340. The first-order chi connectivity index (χ1) is 5.34. The first-order valence-corrected chi connectivity index (χ1v) is 4.29. The lowest BCUT2D eigenvalue weighted by atomic mass is 10.1. The fourth-order valence-corrected chi connectivity index (χ4v) is 1.35. The van der Waals surface area contributed by atoms with Crippen molar-refractivity contribution in [3.05, 3.63) is 12.2 Å². The van der Waals surface area contributed by atoms with E-state index >= 15 is 0 Å². The lowest BCUT2D eigenvalue weighted by Crippen LogP contribution is -2.27. The van der Waals surface area contributed by atoms with Crippen LogP contribution in [0.25, 0.3) is 0 Å². The Balaban J connectivity index is 2.39. The number of hydrogen-bond donors (Lipinski definition) is 1. The second-order valence-corrected chi connectivity index (χ2v) is 2.85. The van der Waals surface area contributed by atoms with E-state index in [1.165, 1.54) is 0 Å². The topological polar surface area (TPSA) is 29.5 Å². The molecule has 0 aliphatic heterocycles. The molecule has 1 N–H and O–H groups in total. The molecule has 0 fully saturated rings. The molecule has 1 aliphatic rings. The Labute approximate surface area is 67.9 Å². The van der Waals surface area contributed by atoms with Gasteiger partial charge in [-0.05, 0) is 26.2 Å². The Morgan fingerprint density at radius 3 is 3.09 bits per heavy atom. The molecule has 64 valence electrons. The molecule has 0 saturated heterocycles. The predicted octanol–water partition coefficient (Wildman–Crippen LogP) is 1.49. The molecule has 0 bridgehead atoms. The maximum atomic E-state index is 9.52. The Morgan fingerprint density at radius 2 is 2.36 bits per heavy atom. The van der Waals surface area contributed by atoms with Crippen LogP contribution in [-0.4, -0.2) is 23.9 Å². The highest BCUT2D eigenvalue weighted by Gasteiger charge is 2.18. The number of ether oxygens (including phenoxy) is 1. The van der Waals surface area contributed by atoms with Gasteiger partial charge in [-0.25, -0.2) is 0 Å². The zero-order valence-corrected chi connectivity index (χ0v) is 6.99. The van der Waals surface area contributed by atoms with Gasteiger partial charge in [0.1, 0.15) is 0 Å². The van der Waals surface area contributed by atoms with Gasteiger partial charge in [0.25, 0.3) is 0 Å². The van der Waals surface area contributed by atoms with Crippen molar-refractivity contribution in [2.75, 3.05) is 6.61 Å². The number of hydrogen-bond acceptors (Lipinski definition) is 2. The molecule has 11 heavy (non-hydrogen) atoms. The third-order valence-electron chi connectivity index (χ3n) is 1.97. The van der Waals surface area contributed by atoms with Gasteiger partial charge in [-0.3, -0.25) is 0 Å². The third-order valence-corrected chi connectivity index (χ3v) is 1.97. The van der Waals surface area contributed by atoms with Crippen molar-refractivity contribution in [1.29, 1.82) is 0 Å². The first kappa shape index (κ1) is 8.75. The van der Waals surface area contributed by atoms with E-state index < -0.39 is 0 Å². The summed E-state index contributed by atoms with van der Waals surface area (Å²) in [6.45, 7) is 2.65. The normalized spacial score (nSPS) is 31.8. The molecule has 0 aromatic heterocycles. The third kappa shape index (κ3) is 2.64. The summed E-state index contributed by atoms with van der Waals surface area (Å²) in [4.78, 5) is 0. The fourth-order valence-electron chi connectivity index (χ4n) is 1.35. The minimum Gasteiger partial charge on any atom is -0.390 e. The molecule has 2 heteroatoms. The highest BCUT2D eigenvalue weighted by atomic mass is 16.5. The lowest BCUT2D eigenvalue weighted by molar-refractivity contribution is -0.0314. The fraction of sp³-hybridized carbons (Fsp3) is 0.778. The van der Waals surface area contributed by atoms with Gasteiger partial charge in [-0.2, -0.15) is 0 Å². The molecular formula is C9H16O2. The van der Waals surface area contributed by atoms with Crippen molar-refractivity contribution < 1.29 is 9.84 Å². The Morgan fingerprint density at radius 1 is 1.55 bits per heavy atom. The quantitative estimate of drug-likeness (QED) is 0.614. The largest absolute Gasteiger partial charge is 0.390 e. The number of rotatable bonds is 2. The summed E-state index contributed by atoms with van der Waals surface area (Å²) in [6.07, 6.45) is 6.63. The van der Waals surface area contributed by atoms with E-state index in [-0.39, 0.29) is 12.2 Å². The highest BCUT2D eigenvalue weighted by Crippen LogP contribution is 2.15. The van der Waals surface area contributed by atoms with Crippen molar-refractivity contribution in [2.24, 2.45) is 0 Å². The van der Waals surface area contributed by atoms with Crippen LogP contribution in [0.3, 0.4) is 0 Å². The summed E-state index contributed by atoms with van der Waals surface area (Å²) in [5.74, 6) is 0. The van der Waals surface area contributed by atoms with Crippen LogP contribution >= 0.6 is 0 Å². The number of allylic oxidation sites excluding steroid dienone is 1. The van der Waals surface area contributed by atoms with Crippen molar-refractivity contribution in [3.63, 3.8) is 0 Å². The predicted molar refractivity (Wildman–Crippen MR) is 44.4 cm³/mol. The molecular weight excluding hydrogens is 140 g/mol. The smallest absolute Gasteiger partial charge is 0.0868 e. The first-order valence-electron chi connectivity index (χ1n) is 4.29. The van der Waals surface area contributed by atoms with Gasteiger partial charge < -0.3 is 9.84 Å². The maximum Gasteiger partial charge on any atom is 0.0868 e. The summed E-state index contributed by atoms with van der Waals surface area (Å²) in [6, 6.07) is 0. The van der Waals surface area contributed by atoms with Gasteiger partial charge in [0.2, 0.25) is 0 Å². The van der Waals surface area contributed by atoms with Crippen molar-refractivity contribution in [2.45, 2.75) is 38.4 Å². The molecule has 0 saturated carbocycles. The molecule has 2 nitrogen and oxygen atoms in total. The average Bonchev–Trinajstić information content (AvgIpc) is 2.18. The second-order valence-electron chi connectivity index (χ2n) is 2.85. The van der Waals surface area contributed by atoms with Crippen LogP contribution in [0.5, 0.6) is 0 Å². The minimum atomic E-state index is -0.273. The summed E-state index contributed by atoms with van der Waals surface area (Å²) in [7, 11) is 0. The van der Waals surface area contributed by atoms with Crippen molar-refractivity contribution in [3.8, 4) is 0 Å². The van der Waals surface area contributed by atoms with Gasteiger partial charge in [0.05, 0.1) is 12.2 Å². The standard InChI is InChI=1S/C9H16O2/c1-2-11-9-7-5-3-4-6-8(9)10/h3,5,8-10H,2,4,6-7H2,1H3. The van der Waals surface area contributed by atoms with Crippen LogP contribution in [0, 0.1) is 0 Å². The zero-order chi connectivity index (χ0) is 8.10. The van der Waals surface area contributed by atoms with Crippen LogP contribution < -0.4 is 0 Å². The van der Waals surface area contributed by atoms with Crippen LogP contribution in [0.2, 0.25) is 0 Å². The van der Waals surface area contributed by atoms with Gasteiger partial charge >= 0.3 is 0 Å². The number of aliphatic hydroxyl groups excluding tert-OH is 1. The molecule has 0 amide bonds. The zero-order valence-electron chi connectivity index (χ0n) is 6.99. The van der Waals surface area contributed by atoms with Gasteiger partial charge in [0.15, 0.2) is 0 Å². The summed E-state index contributed by atoms with van der Waals surface area (Å²) < 4.78 is 5.37. The van der Waals surface area contributed by atoms with E-state index in [1.54, 1.807) is 0 Å². The van der Waals surface area contributed by atoms with Crippen molar-refractivity contribution in [1.82, 2.24) is 0 Å². The lowest BCUT2D eigenvalue weighted by Gasteiger charge is -2.19. The molecule has 0 radical (unpaired) electrons. The van der Waals surface area contributed by atoms with E-state index in [9.17, 15) is 5.11 Å². The van der Waals surface area contributed by atoms with Crippen LogP contribution in [-0.2, 0) is 4.74 Å². The van der Waals surface area contributed by atoms with E-state index in [4.69, 9.17) is 4.74 Å². The Bertz CT molecular complexity index is 132. The van der Waals surface area contributed by atoms with Gasteiger partial charge in [-0.1, -0.05) is 12.2 Å². The molecule has 0 heterocycles. The highest BCUT2D eigenvalue weighted by molar-refractivity contribution is 4.91. The molecule has 1 aliphatic carbocycles. The van der Waals surface area contributed by atoms with E-state index in [0.717, 1.165) is 19.3 Å². The van der Waals surface area contributed by atoms with Crippen LogP contribution in [0.1, 0.15) is 26.2 Å². The van der Waals surface area contributed by atoms with Crippen molar-refractivity contribution >= 4 is 0 Å². The summed E-state index contributed by atoms with van der Waals surface area (Å²) in [5, 5.41) is 9.52. The van der Waals surface area contributed by atoms with E-state index in [2.05, 4.69) is 12.2 Å². The van der Waals surface area contributed by atoms with Gasteiger partial charge in [-0.15, -0.1) is 0 Å². The second kappa shape index (κ2) is 4.52. The summed E-state index contributed by atoms with van der Waals surface area (Å²) >= 11 is 0. The molecule has 2 unspecified atom stereocenters. The average molecular weight is 156 g/mol. The SMILES string of the molecule is CCOC1CC=CCCC1O. The molecule has 1 rings (SSSR count).